The van der Waals surface area contributed by atoms with Crippen LogP contribution in [0.2, 0.25) is 0 Å². The highest BCUT2D eigenvalue weighted by Crippen LogP contribution is 2.23. The third kappa shape index (κ3) is 3.27. The first-order valence-corrected chi connectivity index (χ1v) is 8.11. The molecule has 3 aromatic rings. The molecule has 0 unspecified atom stereocenters. The highest BCUT2D eigenvalue weighted by Gasteiger charge is 2.13. The summed E-state index contributed by atoms with van der Waals surface area (Å²) in [6, 6.07) is 15.5. The van der Waals surface area contributed by atoms with E-state index in [0.29, 0.717) is 19.6 Å². The van der Waals surface area contributed by atoms with Gasteiger partial charge in [-0.1, -0.05) is 25.1 Å². The van der Waals surface area contributed by atoms with Crippen molar-refractivity contribution >= 4 is 16.7 Å². The van der Waals surface area contributed by atoms with Gasteiger partial charge >= 0.3 is 0 Å². The summed E-state index contributed by atoms with van der Waals surface area (Å²) < 4.78 is 13.0. The second-order valence-electron chi connectivity index (χ2n) is 5.55. The van der Waals surface area contributed by atoms with Crippen LogP contribution in [0.3, 0.4) is 0 Å². The Balaban J connectivity index is 1.74. The summed E-state index contributed by atoms with van der Waals surface area (Å²) in [6.07, 6.45) is 2.45. The Kier molecular flexibility index (Phi) is 4.85. The molecule has 0 aliphatic heterocycles. The van der Waals surface area contributed by atoms with Crippen LogP contribution in [0.4, 0.5) is 0 Å². The van der Waals surface area contributed by atoms with Crippen molar-refractivity contribution in [1.82, 2.24) is 4.57 Å². The third-order valence-corrected chi connectivity index (χ3v) is 4.07. The lowest BCUT2D eigenvalue weighted by Gasteiger charge is -2.09. The van der Waals surface area contributed by atoms with Gasteiger partial charge in [0.2, 0.25) is 0 Å². The fraction of sp³-hybridized carbons (Fsp3) is 0.250. The Hall–Kier alpha value is -2.75. The third-order valence-electron chi connectivity index (χ3n) is 4.07. The van der Waals surface area contributed by atoms with Crippen LogP contribution in [0.5, 0.6) is 11.5 Å². The number of aromatic nitrogens is 1. The van der Waals surface area contributed by atoms with Gasteiger partial charge in [0.05, 0.1) is 13.7 Å². The summed E-state index contributed by atoms with van der Waals surface area (Å²) in [6.45, 7) is 3.11. The smallest absolute Gasteiger partial charge is 0.164 e. The second kappa shape index (κ2) is 7.21. The topological polar surface area (TPSA) is 40.5 Å². The zero-order valence-corrected chi connectivity index (χ0v) is 14.0. The minimum Gasteiger partial charge on any atom is -0.497 e. The van der Waals surface area contributed by atoms with Gasteiger partial charge in [-0.25, -0.2) is 0 Å². The molecule has 0 fully saturated rings. The number of carbonyl (C=O) groups excluding carboxylic acids is 1. The van der Waals surface area contributed by atoms with Crippen molar-refractivity contribution in [3.8, 4) is 11.5 Å². The van der Waals surface area contributed by atoms with E-state index in [1.54, 1.807) is 7.11 Å². The second-order valence-corrected chi connectivity index (χ2v) is 5.55. The predicted octanol–water partition coefficient (Wildman–Crippen LogP) is 4.32. The van der Waals surface area contributed by atoms with E-state index in [0.717, 1.165) is 28.0 Å². The number of rotatable bonds is 7. The van der Waals surface area contributed by atoms with Gasteiger partial charge in [0.25, 0.3) is 0 Å². The van der Waals surface area contributed by atoms with Crippen molar-refractivity contribution in [1.29, 1.82) is 0 Å². The van der Waals surface area contributed by atoms with Crippen molar-refractivity contribution in [2.45, 2.75) is 19.9 Å². The first-order valence-electron chi connectivity index (χ1n) is 8.11. The predicted molar refractivity (Wildman–Crippen MR) is 95.0 cm³/mol. The van der Waals surface area contributed by atoms with Crippen LogP contribution in [0, 0.1) is 0 Å². The minimum absolute atomic E-state index is 0.168. The molecule has 0 spiro atoms. The van der Waals surface area contributed by atoms with Crippen LogP contribution in [0.25, 0.3) is 10.9 Å². The number of fused-ring (bicyclic) bond motifs is 1. The summed E-state index contributed by atoms with van der Waals surface area (Å²) in [5.41, 5.74) is 1.85. The fourth-order valence-electron chi connectivity index (χ4n) is 2.78. The molecule has 4 nitrogen and oxygen atoms in total. The maximum atomic E-state index is 12.1. The lowest BCUT2D eigenvalue weighted by Crippen LogP contribution is -2.07. The molecule has 24 heavy (non-hydrogen) atoms. The number of ketones is 1. The van der Waals surface area contributed by atoms with Crippen LogP contribution in [0.15, 0.2) is 54.7 Å². The van der Waals surface area contributed by atoms with Crippen molar-refractivity contribution in [3.05, 3.63) is 60.3 Å². The number of benzene rings is 2. The molecule has 0 saturated heterocycles. The first kappa shape index (κ1) is 16.1. The number of hydrogen-bond acceptors (Lipinski definition) is 3. The van der Waals surface area contributed by atoms with E-state index >= 15 is 0 Å². The molecule has 0 N–H and O–H groups in total. The SMILES string of the molecule is CCC(=O)c1cn(CCOc2ccc(OC)cc2)c2ccccc12. The number of ether oxygens (including phenoxy) is 2. The van der Waals surface area contributed by atoms with Gasteiger partial charge in [-0.15, -0.1) is 0 Å². The fourth-order valence-corrected chi connectivity index (χ4v) is 2.78. The standard InChI is InChI=1S/C20H21NO3/c1-3-20(22)18-14-21(19-7-5-4-6-17(18)19)12-13-24-16-10-8-15(23-2)9-11-16/h4-11,14H,3,12-13H2,1-2H3. The van der Waals surface area contributed by atoms with E-state index in [1.165, 1.54) is 0 Å². The van der Waals surface area contributed by atoms with Crippen LogP contribution in [-0.4, -0.2) is 24.1 Å². The van der Waals surface area contributed by atoms with E-state index in [9.17, 15) is 4.79 Å². The number of Topliss-reactive ketones (excluding diaryl/α,β-unsaturated/α-hetero) is 1. The first-order chi connectivity index (χ1) is 11.7. The number of para-hydroxylation sites is 1. The van der Waals surface area contributed by atoms with Gasteiger partial charge in [0, 0.05) is 29.1 Å². The van der Waals surface area contributed by atoms with Crippen molar-refractivity contribution in [2.24, 2.45) is 0 Å². The molecule has 1 heterocycles. The average molecular weight is 323 g/mol. The molecular weight excluding hydrogens is 302 g/mol. The van der Waals surface area contributed by atoms with Crippen LogP contribution in [0.1, 0.15) is 23.7 Å². The molecule has 0 atom stereocenters. The highest BCUT2D eigenvalue weighted by molar-refractivity contribution is 6.07. The number of hydrogen-bond donors (Lipinski definition) is 0. The minimum atomic E-state index is 0.168. The molecule has 2 aromatic carbocycles. The molecule has 0 bridgehead atoms. The van der Waals surface area contributed by atoms with Crippen molar-refractivity contribution in [2.75, 3.05) is 13.7 Å². The number of methoxy groups -OCH3 is 1. The summed E-state index contributed by atoms with van der Waals surface area (Å²) in [5, 5.41) is 1.01. The molecule has 0 saturated carbocycles. The summed E-state index contributed by atoms with van der Waals surface area (Å²) >= 11 is 0. The van der Waals surface area contributed by atoms with Gasteiger partial charge in [-0.05, 0) is 30.3 Å². The summed E-state index contributed by atoms with van der Waals surface area (Å²) in [7, 11) is 1.64. The van der Waals surface area contributed by atoms with Crippen LogP contribution >= 0.6 is 0 Å². The quantitative estimate of drug-likeness (QED) is 0.608. The molecular formula is C20H21NO3. The maximum absolute atomic E-state index is 12.1. The molecule has 0 aliphatic carbocycles. The molecule has 3 rings (SSSR count). The van der Waals surface area contributed by atoms with Crippen LogP contribution in [-0.2, 0) is 6.54 Å². The molecule has 0 amide bonds. The number of carbonyl (C=O) groups is 1. The van der Waals surface area contributed by atoms with E-state index in [-0.39, 0.29) is 5.78 Å². The van der Waals surface area contributed by atoms with Crippen molar-refractivity contribution < 1.29 is 14.3 Å². The summed E-state index contributed by atoms with van der Waals surface area (Å²) in [5.74, 6) is 1.78. The zero-order chi connectivity index (χ0) is 16.9. The van der Waals surface area contributed by atoms with Gasteiger partial charge in [0.15, 0.2) is 5.78 Å². The van der Waals surface area contributed by atoms with E-state index in [2.05, 4.69) is 4.57 Å². The van der Waals surface area contributed by atoms with Crippen molar-refractivity contribution in [3.63, 3.8) is 0 Å². The Morgan fingerprint density at radius 2 is 1.75 bits per heavy atom. The molecule has 124 valence electrons. The average Bonchev–Trinajstić information content (AvgIpc) is 3.01. The van der Waals surface area contributed by atoms with Crippen LogP contribution < -0.4 is 9.47 Å². The maximum Gasteiger partial charge on any atom is 0.164 e. The molecule has 1 aromatic heterocycles. The Morgan fingerprint density at radius 1 is 1.04 bits per heavy atom. The lowest BCUT2D eigenvalue weighted by atomic mass is 10.1. The van der Waals surface area contributed by atoms with E-state index in [1.807, 2.05) is 61.7 Å². The lowest BCUT2D eigenvalue weighted by molar-refractivity contribution is 0.0989. The van der Waals surface area contributed by atoms with Gasteiger partial charge < -0.3 is 14.0 Å². The summed E-state index contributed by atoms with van der Waals surface area (Å²) in [4.78, 5) is 12.1. The van der Waals surface area contributed by atoms with E-state index in [4.69, 9.17) is 9.47 Å². The normalized spacial score (nSPS) is 10.8. The van der Waals surface area contributed by atoms with E-state index < -0.39 is 0 Å². The highest BCUT2D eigenvalue weighted by atomic mass is 16.5. The van der Waals surface area contributed by atoms with Gasteiger partial charge in [-0.2, -0.15) is 0 Å². The molecule has 4 heteroatoms. The largest absolute Gasteiger partial charge is 0.497 e. The monoisotopic (exact) mass is 323 g/mol. The number of nitrogens with zero attached hydrogens (tertiary/aromatic N) is 1. The zero-order valence-electron chi connectivity index (χ0n) is 14.0. The molecule has 0 aliphatic rings. The Labute approximate surface area is 141 Å². The van der Waals surface area contributed by atoms with Gasteiger partial charge in [0.1, 0.15) is 18.1 Å². The van der Waals surface area contributed by atoms with Gasteiger partial charge in [-0.3, -0.25) is 4.79 Å². The Bertz CT molecular complexity index is 834. The molecule has 0 radical (unpaired) electrons. The Morgan fingerprint density at radius 3 is 2.46 bits per heavy atom.